The number of hydrogen-bond acceptors (Lipinski definition) is 2. The van der Waals surface area contributed by atoms with E-state index in [-0.39, 0.29) is 0 Å². The Hall–Kier alpha value is -0.830. The average molecular weight is 191 g/mol. The van der Waals surface area contributed by atoms with Crippen LogP contribution in [0, 0.1) is 5.92 Å². The van der Waals surface area contributed by atoms with Gasteiger partial charge in [0.1, 0.15) is 0 Å². The molecule has 3 nitrogen and oxygen atoms in total. The molecule has 3 heteroatoms. The van der Waals surface area contributed by atoms with E-state index in [0.717, 1.165) is 18.5 Å². The molecule has 76 valence electrons. The Kier molecular flexibility index (Phi) is 1.87. The smallest absolute Gasteiger partial charge is 0.0951 e. The third-order valence-electron chi connectivity index (χ3n) is 3.54. The Morgan fingerprint density at radius 2 is 2.43 bits per heavy atom. The Balaban J connectivity index is 1.86. The summed E-state index contributed by atoms with van der Waals surface area (Å²) in [6, 6.07) is 1.29. The van der Waals surface area contributed by atoms with Crippen molar-refractivity contribution in [1.29, 1.82) is 0 Å². The van der Waals surface area contributed by atoms with Crippen LogP contribution in [0.25, 0.3) is 0 Å². The zero-order chi connectivity index (χ0) is 9.54. The summed E-state index contributed by atoms with van der Waals surface area (Å²) in [5, 5.41) is 3.54. The molecule has 0 spiro atoms. The van der Waals surface area contributed by atoms with Gasteiger partial charge in [-0.1, -0.05) is 6.92 Å². The highest BCUT2D eigenvalue weighted by Gasteiger charge is 2.36. The normalized spacial score (nSPS) is 36.2. The van der Waals surface area contributed by atoms with Crippen LogP contribution < -0.4 is 5.32 Å². The SMILES string of the molecule is CC1CC1n1cncc1[C@@H]1CCCN1. The van der Waals surface area contributed by atoms with Gasteiger partial charge in [0.15, 0.2) is 0 Å². The molecule has 1 N–H and O–H groups in total. The quantitative estimate of drug-likeness (QED) is 0.773. The molecule has 0 aromatic carbocycles. The number of rotatable bonds is 2. The Labute approximate surface area is 84.5 Å². The van der Waals surface area contributed by atoms with E-state index in [9.17, 15) is 0 Å². The standard InChI is InChI=1S/C11H17N3/c1-8-5-10(8)14-7-12-6-11(14)9-3-2-4-13-9/h6-10,13H,2-5H2,1H3/t8?,9-,10?/m0/s1. The van der Waals surface area contributed by atoms with Gasteiger partial charge in [-0.25, -0.2) is 4.98 Å². The summed E-state index contributed by atoms with van der Waals surface area (Å²) in [5.41, 5.74) is 1.40. The maximum atomic E-state index is 4.29. The van der Waals surface area contributed by atoms with Gasteiger partial charge in [0.25, 0.3) is 0 Å². The van der Waals surface area contributed by atoms with Gasteiger partial charge in [0, 0.05) is 18.3 Å². The van der Waals surface area contributed by atoms with Crippen LogP contribution in [0.4, 0.5) is 0 Å². The van der Waals surface area contributed by atoms with Crippen molar-refractivity contribution in [2.24, 2.45) is 5.92 Å². The third kappa shape index (κ3) is 1.27. The Morgan fingerprint density at radius 1 is 1.57 bits per heavy atom. The van der Waals surface area contributed by atoms with Crippen molar-refractivity contribution >= 4 is 0 Å². The Morgan fingerprint density at radius 3 is 3.07 bits per heavy atom. The fraction of sp³-hybridized carbons (Fsp3) is 0.727. The molecular formula is C11H17N3. The topological polar surface area (TPSA) is 29.9 Å². The summed E-state index contributed by atoms with van der Waals surface area (Å²) in [5.74, 6) is 0.851. The monoisotopic (exact) mass is 191 g/mol. The molecule has 1 aromatic rings. The van der Waals surface area contributed by atoms with Gasteiger partial charge in [-0.3, -0.25) is 0 Å². The largest absolute Gasteiger partial charge is 0.330 e. The molecule has 2 heterocycles. The predicted molar refractivity (Wildman–Crippen MR) is 55.0 cm³/mol. The van der Waals surface area contributed by atoms with Crippen molar-refractivity contribution in [3.63, 3.8) is 0 Å². The lowest BCUT2D eigenvalue weighted by molar-refractivity contribution is 0.558. The molecule has 1 aromatic heterocycles. The van der Waals surface area contributed by atoms with Gasteiger partial charge in [-0.15, -0.1) is 0 Å². The van der Waals surface area contributed by atoms with Crippen LogP contribution in [0.2, 0.25) is 0 Å². The summed E-state index contributed by atoms with van der Waals surface area (Å²) in [6.07, 6.45) is 7.94. The van der Waals surface area contributed by atoms with Crippen molar-refractivity contribution in [2.75, 3.05) is 6.54 Å². The average Bonchev–Trinajstić information content (AvgIpc) is 2.71. The van der Waals surface area contributed by atoms with Crippen LogP contribution in [0.15, 0.2) is 12.5 Å². The summed E-state index contributed by atoms with van der Waals surface area (Å²) in [6.45, 7) is 3.48. The fourth-order valence-electron chi connectivity index (χ4n) is 2.49. The lowest BCUT2D eigenvalue weighted by atomic mass is 10.2. The molecule has 2 unspecified atom stereocenters. The van der Waals surface area contributed by atoms with E-state index < -0.39 is 0 Å². The van der Waals surface area contributed by atoms with Gasteiger partial charge in [0.2, 0.25) is 0 Å². The molecule has 2 aliphatic rings. The van der Waals surface area contributed by atoms with E-state index in [2.05, 4.69) is 21.8 Å². The summed E-state index contributed by atoms with van der Waals surface area (Å²) < 4.78 is 2.38. The molecular weight excluding hydrogens is 174 g/mol. The first-order valence-corrected chi connectivity index (χ1v) is 5.61. The zero-order valence-electron chi connectivity index (χ0n) is 8.61. The molecule has 0 amide bonds. The van der Waals surface area contributed by atoms with E-state index in [4.69, 9.17) is 0 Å². The molecule has 0 radical (unpaired) electrons. The highest BCUT2D eigenvalue weighted by Crippen LogP contribution is 2.44. The molecule has 3 atom stereocenters. The number of nitrogens with one attached hydrogen (secondary N) is 1. The first kappa shape index (κ1) is 8.48. The van der Waals surface area contributed by atoms with E-state index in [1.807, 2.05) is 12.5 Å². The Bertz CT molecular complexity index is 325. The van der Waals surface area contributed by atoms with Crippen molar-refractivity contribution in [1.82, 2.24) is 14.9 Å². The van der Waals surface area contributed by atoms with Crippen LogP contribution in [0.3, 0.4) is 0 Å². The summed E-state index contributed by atoms with van der Waals surface area (Å²) >= 11 is 0. The highest BCUT2D eigenvalue weighted by atomic mass is 15.1. The number of aromatic nitrogens is 2. The number of hydrogen-bond donors (Lipinski definition) is 1. The predicted octanol–water partition coefficient (Wildman–Crippen LogP) is 1.89. The second-order valence-corrected chi connectivity index (χ2v) is 4.66. The minimum absolute atomic E-state index is 0.560. The molecule has 2 fully saturated rings. The van der Waals surface area contributed by atoms with Crippen molar-refractivity contribution in [3.05, 3.63) is 18.2 Å². The zero-order valence-corrected chi connectivity index (χ0v) is 8.61. The number of nitrogens with zero attached hydrogens (tertiary/aromatic N) is 2. The van der Waals surface area contributed by atoms with Crippen LogP contribution in [0.1, 0.15) is 44.0 Å². The van der Waals surface area contributed by atoms with Gasteiger partial charge >= 0.3 is 0 Å². The fourth-order valence-corrected chi connectivity index (χ4v) is 2.49. The van der Waals surface area contributed by atoms with Gasteiger partial charge < -0.3 is 9.88 Å². The number of imidazole rings is 1. The molecule has 1 aliphatic heterocycles. The molecule has 3 rings (SSSR count). The van der Waals surface area contributed by atoms with Crippen LogP contribution >= 0.6 is 0 Å². The van der Waals surface area contributed by atoms with Gasteiger partial charge in [0.05, 0.1) is 12.0 Å². The first-order valence-electron chi connectivity index (χ1n) is 5.61. The van der Waals surface area contributed by atoms with Crippen molar-refractivity contribution < 1.29 is 0 Å². The van der Waals surface area contributed by atoms with Gasteiger partial charge in [-0.2, -0.15) is 0 Å². The second-order valence-electron chi connectivity index (χ2n) is 4.66. The minimum Gasteiger partial charge on any atom is -0.330 e. The van der Waals surface area contributed by atoms with Crippen molar-refractivity contribution in [2.45, 2.75) is 38.3 Å². The second kappa shape index (κ2) is 3.09. The first-order chi connectivity index (χ1) is 6.86. The summed E-state index contributed by atoms with van der Waals surface area (Å²) in [7, 11) is 0. The summed E-state index contributed by atoms with van der Waals surface area (Å²) in [4.78, 5) is 4.29. The molecule has 1 saturated carbocycles. The van der Waals surface area contributed by atoms with Crippen molar-refractivity contribution in [3.8, 4) is 0 Å². The van der Waals surface area contributed by atoms with E-state index in [1.54, 1.807) is 0 Å². The van der Waals surface area contributed by atoms with Gasteiger partial charge in [-0.05, 0) is 31.7 Å². The van der Waals surface area contributed by atoms with Crippen LogP contribution in [0.5, 0.6) is 0 Å². The minimum atomic E-state index is 0.560. The van der Waals surface area contributed by atoms with E-state index in [1.165, 1.54) is 25.0 Å². The molecule has 0 bridgehead atoms. The van der Waals surface area contributed by atoms with E-state index >= 15 is 0 Å². The molecule has 1 aliphatic carbocycles. The van der Waals surface area contributed by atoms with E-state index in [0.29, 0.717) is 6.04 Å². The van der Waals surface area contributed by atoms with Crippen LogP contribution in [-0.4, -0.2) is 16.1 Å². The lowest BCUT2D eigenvalue weighted by Gasteiger charge is -2.13. The maximum Gasteiger partial charge on any atom is 0.0951 e. The lowest BCUT2D eigenvalue weighted by Crippen LogP contribution is -2.16. The third-order valence-corrected chi connectivity index (χ3v) is 3.54. The maximum absolute atomic E-state index is 4.29. The molecule has 1 saturated heterocycles. The van der Waals surface area contributed by atoms with Crippen LogP contribution in [-0.2, 0) is 0 Å². The molecule has 14 heavy (non-hydrogen) atoms. The highest BCUT2D eigenvalue weighted by molar-refractivity contribution is 5.11.